The van der Waals surface area contributed by atoms with Gasteiger partial charge in [-0.3, -0.25) is 0 Å². The molecule has 0 bridgehead atoms. The Morgan fingerprint density at radius 2 is 1.90 bits per heavy atom. The summed E-state index contributed by atoms with van der Waals surface area (Å²) in [6.45, 7) is 0. The van der Waals surface area contributed by atoms with Gasteiger partial charge in [0.15, 0.2) is 11.6 Å². The predicted octanol–water partition coefficient (Wildman–Crippen LogP) is 2.74. The highest BCUT2D eigenvalue weighted by Gasteiger charge is 2.32. The molecular weight excluding hydrogens is 261 g/mol. The third-order valence-corrected chi connectivity index (χ3v) is 3.97. The van der Waals surface area contributed by atoms with Crippen molar-refractivity contribution in [1.29, 1.82) is 0 Å². The van der Waals surface area contributed by atoms with Gasteiger partial charge in [-0.15, -0.1) is 0 Å². The third-order valence-electron chi connectivity index (χ3n) is 3.97. The monoisotopic (exact) mass is 281 g/mol. The van der Waals surface area contributed by atoms with E-state index in [0.29, 0.717) is 5.56 Å². The Hall–Kier alpha value is -1.62. The van der Waals surface area contributed by atoms with Gasteiger partial charge < -0.3 is 15.2 Å². The Labute approximate surface area is 118 Å². The van der Waals surface area contributed by atoms with E-state index in [1.165, 1.54) is 20.3 Å². The van der Waals surface area contributed by atoms with E-state index in [4.69, 9.17) is 10.5 Å². The molecule has 0 saturated heterocycles. The van der Waals surface area contributed by atoms with Crippen LogP contribution in [0.15, 0.2) is 12.1 Å². The fraction of sp³-hybridized carbons (Fsp3) is 0.533. The zero-order valence-electron chi connectivity index (χ0n) is 11.9. The van der Waals surface area contributed by atoms with Gasteiger partial charge >= 0.3 is 5.97 Å². The second-order valence-electron chi connectivity index (χ2n) is 5.25. The number of nitrogens with two attached hydrogens (primary N) is 1. The van der Waals surface area contributed by atoms with Crippen molar-refractivity contribution in [3.63, 3.8) is 0 Å². The van der Waals surface area contributed by atoms with Crippen LogP contribution in [0.2, 0.25) is 0 Å². The topological polar surface area (TPSA) is 61.5 Å². The van der Waals surface area contributed by atoms with E-state index in [0.717, 1.165) is 32.1 Å². The Bertz CT molecular complexity index is 510. The molecule has 0 atom stereocenters. The molecule has 20 heavy (non-hydrogen) atoms. The number of esters is 1. The molecule has 1 fully saturated rings. The summed E-state index contributed by atoms with van der Waals surface area (Å²) >= 11 is 0. The molecule has 1 saturated carbocycles. The average molecular weight is 281 g/mol. The van der Waals surface area contributed by atoms with Gasteiger partial charge in [0.25, 0.3) is 0 Å². The number of hydrogen-bond acceptors (Lipinski definition) is 4. The summed E-state index contributed by atoms with van der Waals surface area (Å²) in [7, 11) is 2.58. The highest BCUT2D eigenvalue weighted by atomic mass is 19.1. The highest BCUT2D eigenvalue weighted by Crippen LogP contribution is 2.37. The van der Waals surface area contributed by atoms with E-state index in [-0.39, 0.29) is 11.3 Å². The van der Waals surface area contributed by atoms with Crippen LogP contribution in [0.1, 0.15) is 48.0 Å². The minimum atomic E-state index is -0.623. The van der Waals surface area contributed by atoms with E-state index in [1.54, 1.807) is 6.07 Å². The van der Waals surface area contributed by atoms with Gasteiger partial charge in [0.2, 0.25) is 0 Å². The molecule has 110 valence electrons. The lowest BCUT2D eigenvalue weighted by atomic mass is 9.77. The average Bonchev–Trinajstić information content (AvgIpc) is 2.46. The van der Waals surface area contributed by atoms with Gasteiger partial charge in [0.1, 0.15) is 5.56 Å². The maximum absolute atomic E-state index is 14.1. The Kier molecular flexibility index (Phi) is 4.28. The molecule has 2 rings (SSSR count). The number of carbonyl (C=O) groups is 1. The van der Waals surface area contributed by atoms with Gasteiger partial charge in [0.05, 0.1) is 14.2 Å². The van der Waals surface area contributed by atoms with Crippen LogP contribution in [0.4, 0.5) is 4.39 Å². The van der Waals surface area contributed by atoms with Crippen molar-refractivity contribution in [2.24, 2.45) is 5.73 Å². The van der Waals surface area contributed by atoms with E-state index in [2.05, 4.69) is 4.74 Å². The molecule has 1 aromatic rings. The molecule has 0 heterocycles. The maximum Gasteiger partial charge on any atom is 0.341 e. The van der Waals surface area contributed by atoms with Gasteiger partial charge in [-0.1, -0.05) is 19.3 Å². The van der Waals surface area contributed by atoms with E-state index < -0.39 is 17.3 Å². The second kappa shape index (κ2) is 5.79. The summed E-state index contributed by atoms with van der Waals surface area (Å²) in [5, 5.41) is 0. The van der Waals surface area contributed by atoms with Crippen LogP contribution in [0, 0.1) is 5.82 Å². The fourth-order valence-electron chi connectivity index (χ4n) is 2.82. The largest absolute Gasteiger partial charge is 0.493 e. The molecule has 0 aromatic heterocycles. The van der Waals surface area contributed by atoms with E-state index in [9.17, 15) is 9.18 Å². The molecular formula is C15H20FNO3. The molecule has 0 radical (unpaired) electrons. The van der Waals surface area contributed by atoms with Crippen LogP contribution >= 0.6 is 0 Å². The van der Waals surface area contributed by atoms with Gasteiger partial charge in [-0.25, -0.2) is 9.18 Å². The third kappa shape index (κ3) is 2.63. The molecule has 5 heteroatoms. The standard InChI is InChI=1S/C15H20FNO3/c1-19-13-11(14(18)20-2)8-10(9-12(13)16)15(17)6-4-3-5-7-15/h8-9H,3-7,17H2,1-2H3. The molecule has 0 aliphatic heterocycles. The molecule has 1 aliphatic rings. The van der Waals surface area contributed by atoms with Crippen LogP contribution in [-0.4, -0.2) is 20.2 Å². The molecule has 1 aliphatic carbocycles. The first-order valence-corrected chi connectivity index (χ1v) is 6.77. The lowest BCUT2D eigenvalue weighted by Crippen LogP contribution is -2.38. The summed E-state index contributed by atoms with van der Waals surface area (Å²) in [4.78, 5) is 11.8. The lowest BCUT2D eigenvalue weighted by Gasteiger charge is -2.34. The van der Waals surface area contributed by atoms with E-state index >= 15 is 0 Å². The Morgan fingerprint density at radius 1 is 1.25 bits per heavy atom. The zero-order valence-corrected chi connectivity index (χ0v) is 11.9. The Balaban J connectivity index is 2.50. The Morgan fingerprint density at radius 3 is 2.45 bits per heavy atom. The first kappa shape index (κ1) is 14.8. The normalized spacial score (nSPS) is 17.6. The number of ether oxygens (including phenoxy) is 2. The number of halogens is 1. The predicted molar refractivity (Wildman–Crippen MR) is 73.2 cm³/mol. The number of hydrogen-bond donors (Lipinski definition) is 1. The van der Waals surface area contributed by atoms with Crippen molar-refractivity contribution in [3.05, 3.63) is 29.1 Å². The summed E-state index contributed by atoms with van der Waals surface area (Å²) in [6.07, 6.45) is 4.75. The first-order chi connectivity index (χ1) is 9.51. The molecule has 2 N–H and O–H groups in total. The summed E-state index contributed by atoms with van der Waals surface area (Å²) in [6, 6.07) is 2.97. The number of rotatable bonds is 3. The molecule has 1 aromatic carbocycles. The number of methoxy groups -OCH3 is 2. The van der Waals surface area contributed by atoms with Crippen molar-refractivity contribution in [1.82, 2.24) is 0 Å². The molecule has 4 nitrogen and oxygen atoms in total. The van der Waals surface area contributed by atoms with E-state index in [1.807, 2.05) is 0 Å². The maximum atomic E-state index is 14.1. The summed E-state index contributed by atoms with van der Waals surface area (Å²) in [5.74, 6) is -1.30. The minimum Gasteiger partial charge on any atom is -0.493 e. The highest BCUT2D eigenvalue weighted by molar-refractivity contribution is 5.92. The van der Waals surface area contributed by atoms with Crippen LogP contribution in [0.3, 0.4) is 0 Å². The SMILES string of the molecule is COC(=O)c1cc(C2(N)CCCCC2)cc(F)c1OC. The van der Waals surface area contributed by atoms with Crippen molar-refractivity contribution in [2.75, 3.05) is 14.2 Å². The summed E-state index contributed by atoms with van der Waals surface area (Å²) < 4.78 is 23.8. The van der Waals surface area contributed by atoms with Crippen molar-refractivity contribution in [2.45, 2.75) is 37.6 Å². The first-order valence-electron chi connectivity index (χ1n) is 6.77. The van der Waals surface area contributed by atoms with Crippen LogP contribution in [0.25, 0.3) is 0 Å². The lowest BCUT2D eigenvalue weighted by molar-refractivity contribution is 0.0595. The van der Waals surface area contributed by atoms with Crippen LogP contribution < -0.4 is 10.5 Å². The van der Waals surface area contributed by atoms with Gasteiger partial charge in [-0.05, 0) is 30.5 Å². The van der Waals surface area contributed by atoms with Gasteiger partial charge in [-0.2, -0.15) is 0 Å². The van der Waals surface area contributed by atoms with Crippen molar-refractivity contribution >= 4 is 5.97 Å². The van der Waals surface area contributed by atoms with Crippen molar-refractivity contribution < 1.29 is 18.7 Å². The zero-order chi connectivity index (χ0) is 14.8. The quantitative estimate of drug-likeness (QED) is 0.865. The van der Waals surface area contributed by atoms with Gasteiger partial charge in [0, 0.05) is 5.54 Å². The smallest absolute Gasteiger partial charge is 0.341 e. The van der Waals surface area contributed by atoms with Crippen LogP contribution in [-0.2, 0) is 10.3 Å². The second-order valence-corrected chi connectivity index (χ2v) is 5.25. The fourth-order valence-corrected chi connectivity index (χ4v) is 2.82. The number of carbonyl (C=O) groups excluding carboxylic acids is 1. The van der Waals surface area contributed by atoms with Crippen LogP contribution in [0.5, 0.6) is 5.75 Å². The molecule has 0 spiro atoms. The number of benzene rings is 1. The molecule has 0 unspecified atom stereocenters. The summed E-state index contributed by atoms with van der Waals surface area (Å²) in [5.41, 5.74) is 6.54. The van der Waals surface area contributed by atoms with Crippen molar-refractivity contribution in [3.8, 4) is 5.75 Å². The minimum absolute atomic E-state index is 0.0837. The molecule has 0 amide bonds.